The quantitative estimate of drug-likeness (QED) is 0.224. The van der Waals surface area contributed by atoms with Gasteiger partial charge in [0.05, 0.1) is 41.1 Å². The second-order valence-corrected chi connectivity index (χ2v) is 9.15. The van der Waals surface area contributed by atoms with Gasteiger partial charge < -0.3 is 9.47 Å². The maximum atomic E-state index is 12.4. The van der Waals surface area contributed by atoms with E-state index in [1.807, 2.05) is 18.2 Å². The molecule has 10 heteroatoms. The number of pyridine rings is 2. The van der Waals surface area contributed by atoms with Crippen molar-refractivity contribution in [2.24, 2.45) is 0 Å². The average Bonchev–Trinajstić information content (AvgIpc) is 2.97. The van der Waals surface area contributed by atoms with Crippen LogP contribution in [0.4, 0.5) is 0 Å². The number of halogens is 2. The molecular weight excluding hydrogens is 541 g/mol. The molecule has 0 bridgehead atoms. The smallest absolute Gasteiger partial charge is 0.268 e. The fourth-order valence-electron chi connectivity index (χ4n) is 4.25. The molecule has 0 radical (unpaired) electrons. The van der Waals surface area contributed by atoms with Crippen molar-refractivity contribution in [2.75, 3.05) is 14.2 Å². The molecule has 5 aromatic rings. The van der Waals surface area contributed by atoms with E-state index in [1.54, 1.807) is 49.7 Å². The lowest BCUT2D eigenvalue weighted by atomic mass is 9.96. The first-order valence-electron chi connectivity index (χ1n) is 11.5. The highest BCUT2D eigenvalue weighted by Crippen LogP contribution is 2.44. The van der Waals surface area contributed by atoms with E-state index in [2.05, 4.69) is 9.97 Å². The number of rotatable bonds is 7. The molecule has 0 unspecified atom stereocenters. The summed E-state index contributed by atoms with van der Waals surface area (Å²) in [5.74, 6) is 0.693. The fourth-order valence-corrected chi connectivity index (χ4v) is 4.90. The highest BCUT2D eigenvalue weighted by Gasteiger charge is 2.19. The largest absolute Gasteiger partial charge is 0.497 e. The number of carbonyl (C=O) groups is 2. The van der Waals surface area contributed by atoms with Gasteiger partial charge in [0.25, 0.3) is 5.56 Å². The SMILES string of the molecule is COc1cc(-c2ccc(C=O)c(OC)n2)c(Cl)c(-c2cccc(-c3ccn4c(=O)c(C=O)cnc4c3)c2Cl)c1. The summed E-state index contributed by atoms with van der Waals surface area (Å²) in [6, 6.07) is 15.7. The van der Waals surface area contributed by atoms with Crippen molar-refractivity contribution in [3.05, 3.63) is 98.5 Å². The number of nitrogens with zero attached hydrogens (tertiary/aromatic N) is 3. The molecule has 3 heterocycles. The van der Waals surface area contributed by atoms with Crippen LogP contribution < -0.4 is 15.0 Å². The molecule has 0 saturated heterocycles. The summed E-state index contributed by atoms with van der Waals surface area (Å²) >= 11 is 13.9. The maximum absolute atomic E-state index is 12.4. The molecule has 194 valence electrons. The van der Waals surface area contributed by atoms with Crippen LogP contribution in [0, 0.1) is 0 Å². The highest BCUT2D eigenvalue weighted by molar-refractivity contribution is 6.39. The number of hydrogen-bond acceptors (Lipinski definition) is 7. The van der Waals surface area contributed by atoms with Gasteiger partial charge in [-0.3, -0.25) is 18.8 Å². The van der Waals surface area contributed by atoms with Gasteiger partial charge in [-0.1, -0.05) is 41.4 Å². The molecule has 8 nitrogen and oxygen atoms in total. The molecule has 0 N–H and O–H groups in total. The zero-order valence-corrected chi connectivity index (χ0v) is 22.2. The minimum Gasteiger partial charge on any atom is -0.497 e. The Balaban J connectivity index is 1.67. The summed E-state index contributed by atoms with van der Waals surface area (Å²) in [4.78, 5) is 43.6. The lowest BCUT2D eigenvalue weighted by Crippen LogP contribution is -2.18. The zero-order chi connectivity index (χ0) is 27.7. The highest BCUT2D eigenvalue weighted by atomic mass is 35.5. The lowest BCUT2D eigenvalue weighted by molar-refractivity contribution is 0.111. The van der Waals surface area contributed by atoms with Crippen molar-refractivity contribution in [1.82, 2.24) is 14.4 Å². The minimum absolute atomic E-state index is 0.0309. The Labute approximate surface area is 232 Å². The number of fused-ring (bicyclic) bond motifs is 1. The number of aldehydes is 2. The van der Waals surface area contributed by atoms with E-state index in [4.69, 9.17) is 32.7 Å². The van der Waals surface area contributed by atoms with E-state index >= 15 is 0 Å². The molecule has 0 fully saturated rings. The predicted octanol–water partition coefficient (Wildman–Crippen LogP) is 6.04. The zero-order valence-electron chi connectivity index (χ0n) is 20.6. The number of aromatic nitrogens is 3. The summed E-state index contributed by atoms with van der Waals surface area (Å²) in [6.45, 7) is 0. The van der Waals surface area contributed by atoms with Crippen molar-refractivity contribution in [3.63, 3.8) is 0 Å². The van der Waals surface area contributed by atoms with Crippen molar-refractivity contribution in [1.29, 1.82) is 0 Å². The number of hydrogen-bond donors (Lipinski definition) is 0. The van der Waals surface area contributed by atoms with Gasteiger partial charge in [-0.05, 0) is 42.0 Å². The van der Waals surface area contributed by atoms with Crippen LogP contribution >= 0.6 is 23.2 Å². The van der Waals surface area contributed by atoms with Crippen LogP contribution in [-0.2, 0) is 0 Å². The summed E-state index contributed by atoms with van der Waals surface area (Å²) in [7, 11) is 2.97. The van der Waals surface area contributed by atoms with Crippen LogP contribution in [-0.4, -0.2) is 41.2 Å². The van der Waals surface area contributed by atoms with Gasteiger partial charge in [0.15, 0.2) is 12.6 Å². The van der Waals surface area contributed by atoms with Crippen molar-refractivity contribution in [3.8, 4) is 45.1 Å². The van der Waals surface area contributed by atoms with Crippen molar-refractivity contribution >= 4 is 41.4 Å². The molecular formula is C29H19Cl2N3O5. The Morgan fingerprint density at radius 2 is 1.54 bits per heavy atom. The minimum atomic E-state index is -0.455. The van der Waals surface area contributed by atoms with E-state index < -0.39 is 5.56 Å². The average molecular weight is 560 g/mol. The van der Waals surface area contributed by atoms with Crippen LogP contribution in [0.3, 0.4) is 0 Å². The molecule has 5 rings (SSSR count). The van der Waals surface area contributed by atoms with Gasteiger partial charge in [-0.25, -0.2) is 9.97 Å². The van der Waals surface area contributed by atoms with Gasteiger partial charge in [-0.15, -0.1) is 0 Å². The van der Waals surface area contributed by atoms with Crippen LogP contribution in [0.15, 0.2) is 71.8 Å². The standard InChI is InChI=1S/C29H19Cl2N3O5/c1-38-19-11-22(27(31)23(12-19)24-7-6-17(14-35)28(33-24)39-2)21-5-3-4-20(26(21)30)16-8-9-34-25(10-16)32-13-18(15-36)29(34)37/h3-15H,1-2H3. The molecule has 0 saturated carbocycles. The topological polar surface area (TPSA) is 99.9 Å². The van der Waals surface area contributed by atoms with E-state index in [0.29, 0.717) is 73.1 Å². The third kappa shape index (κ3) is 4.65. The Morgan fingerprint density at radius 3 is 2.26 bits per heavy atom. The second-order valence-electron chi connectivity index (χ2n) is 8.40. The molecule has 0 atom stereocenters. The number of methoxy groups -OCH3 is 2. The van der Waals surface area contributed by atoms with Crippen LogP contribution in [0.1, 0.15) is 20.7 Å². The van der Waals surface area contributed by atoms with E-state index in [-0.39, 0.29) is 11.4 Å². The first kappa shape index (κ1) is 26.1. The van der Waals surface area contributed by atoms with Crippen LogP contribution in [0.25, 0.3) is 39.2 Å². The maximum Gasteiger partial charge on any atom is 0.268 e. The third-order valence-electron chi connectivity index (χ3n) is 6.23. The van der Waals surface area contributed by atoms with Crippen molar-refractivity contribution < 1.29 is 19.1 Å². The number of ether oxygens (including phenoxy) is 2. The second kappa shape index (κ2) is 10.7. The van der Waals surface area contributed by atoms with Gasteiger partial charge >= 0.3 is 0 Å². The predicted molar refractivity (Wildman–Crippen MR) is 149 cm³/mol. The summed E-state index contributed by atoms with van der Waals surface area (Å²) in [5, 5.41) is 0.785. The van der Waals surface area contributed by atoms with E-state index in [1.165, 1.54) is 17.7 Å². The molecule has 0 aliphatic heterocycles. The Hall–Kier alpha value is -4.53. The molecule has 0 spiro atoms. The molecule has 2 aromatic carbocycles. The first-order valence-corrected chi connectivity index (χ1v) is 12.3. The fraction of sp³-hybridized carbons (Fsp3) is 0.0690. The van der Waals surface area contributed by atoms with Crippen LogP contribution in [0.5, 0.6) is 11.6 Å². The van der Waals surface area contributed by atoms with Gasteiger partial charge in [0, 0.05) is 34.6 Å². The molecule has 0 aliphatic carbocycles. The van der Waals surface area contributed by atoms with Crippen LogP contribution in [0.2, 0.25) is 10.0 Å². The summed E-state index contributed by atoms with van der Waals surface area (Å²) < 4.78 is 12.1. The Kier molecular flexibility index (Phi) is 7.15. The Morgan fingerprint density at radius 1 is 0.821 bits per heavy atom. The van der Waals surface area contributed by atoms with Crippen molar-refractivity contribution in [2.45, 2.75) is 0 Å². The normalized spacial score (nSPS) is 10.9. The Bertz CT molecular complexity index is 1840. The van der Waals surface area contributed by atoms with E-state index in [0.717, 1.165) is 0 Å². The summed E-state index contributed by atoms with van der Waals surface area (Å²) in [5.41, 5.74) is 3.86. The number of carbonyl (C=O) groups excluding carboxylic acids is 2. The molecule has 0 amide bonds. The first-order chi connectivity index (χ1) is 18.9. The molecule has 0 aliphatic rings. The van der Waals surface area contributed by atoms with E-state index in [9.17, 15) is 14.4 Å². The number of benzene rings is 2. The molecule has 3 aromatic heterocycles. The van der Waals surface area contributed by atoms with Gasteiger partial charge in [0.1, 0.15) is 11.4 Å². The van der Waals surface area contributed by atoms with Gasteiger partial charge in [0.2, 0.25) is 5.88 Å². The monoisotopic (exact) mass is 559 g/mol. The van der Waals surface area contributed by atoms with Gasteiger partial charge in [-0.2, -0.15) is 0 Å². The molecule has 39 heavy (non-hydrogen) atoms. The summed E-state index contributed by atoms with van der Waals surface area (Å²) in [6.07, 6.45) is 3.94. The third-order valence-corrected chi connectivity index (χ3v) is 7.05. The lowest BCUT2D eigenvalue weighted by Gasteiger charge is -2.16.